The van der Waals surface area contributed by atoms with Gasteiger partial charge >= 0.3 is 0 Å². The first-order valence-corrected chi connectivity index (χ1v) is 8.56. The van der Waals surface area contributed by atoms with Crippen LogP contribution in [0, 0.1) is 5.82 Å². The van der Waals surface area contributed by atoms with E-state index in [-0.39, 0.29) is 15.9 Å². The maximum absolute atomic E-state index is 13.6. The number of thioether (sulfide) groups is 1. The summed E-state index contributed by atoms with van der Waals surface area (Å²) in [5.74, 6) is 0.617. The third kappa shape index (κ3) is 2.33. The minimum atomic E-state index is -0.223. The van der Waals surface area contributed by atoms with E-state index in [1.807, 2.05) is 18.7 Å². The zero-order chi connectivity index (χ0) is 14.3. The highest BCUT2D eigenvalue weighted by Crippen LogP contribution is 2.45. The Hall–Kier alpha value is -0.740. The van der Waals surface area contributed by atoms with Crippen molar-refractivity contribution in [3.63, 3.8) is 0 Å². The first-order chi connectivity index (χ1) is 9.54. The van der Waals surface area contributed by atoms with Crippen LogP contribution < -0.4 is 0 Å². The van der Waals surface area contributed by atoms with E-state index in [0.29, 0.717) is 0 Å². The van der Waals surface area contributed by atoms with Crippen LogP contribution in [0.25, 0.3) is 11.0 Å². The van der Waals surface area contributed by atoms with E-state index in [9.17, 15) is 4.39 Å². The number of benzene rings is 1. The van der Waals surface area contributed by atoms with E-state index in [1.165, 1.54) is 25.3 Å². The predicted octanol–water partition coefficient (Wildman–Crippen LogP) is 4.76. The van der Waals surface area contributed by atoms with Crippen molar-refractivity contribution in [1.29, 1.82) is 0 Å². The van der Waals surface area contributed by atoms with Gasteiger partial charge in [-0.1, -0.05) is 6.42 Å². The summed E-state index contributed by atoms with van der Waals surface area (Å²) in [6.07, 6.45) is 5.84. The van der Waals surface area contributed by atoms with Gasteiger partial charge in [0.2, 0.25) is 0 Å². The van der Waals surface area contributed by atoms with Crippen LogP contribution in [0.15, 0.2) is 18.2 Å². The minimum Gasteiger partial charge on any atom is -0.325 e. The van der Waals surface area contributed by atoms with Crippen molar-refractivity contribution in [2.24, 2.45) is 0 Å². The van der Waals surface area contributed by atoms with E-state index >= 15 is 0 Å². The van der Waals surface area contributed by atoms with E-state index in [1.54, 1.807) is 12.1 Å². The van der Waals surface area contributed by atoms with Gasteiger partial charge in [0.25, 0.3) is 0 Å². The summed E-state index contributed by atoms with van der Waals surface area (Å²) in [5.41, 5.74) is 1.68. The number of nitrogens with zero attached hydrogens (tertiary/aromatic N) is 2. The topological polar surface area (TPSA) is 17.8 Å². The molecule has 1 aliphatic rings. The molecule has 0 aliphatic heterocycles. The Morgan fingerprint density at radius 3 is 2.80 bits per heavy atom. The fraction of sp³-hybridized carbons (Fsp3) is 0.533. The van der Waals surface area contributed by atoms with E-state index in [0.717, 1.165) is 23.4 Å². The van der Waals surface area contributed by atoms with Gasteiger partial charge in [0.15, 0.2) is 0 Å². The van der Waals surface area contributed by atoms with Crippen LogP contribution in [0.1, 0.15) is 37.4 Å². The van der Waals surface area contributed by atoms with Crippen LogP contribution in [0.5, 0.6) is 0 Å². The predicted molar refractivity (Wildman–Crippen MR) is 84.1 cm³/mol. The summed E-state index contributed by atoms with van der Waals surface area (Å²) in [4.78, 5) is 4.59. The molecule has 1 heterocycles. The molecule has 1 unspecified atom stereocenters. The second kappa shape index (κ2) is 5.23. The molecule has 0 spiro atoms. The number of fused-ring (bicyclic) bond motifs is 1. The molecule has 2 aromatic rings. The molecule has 3 rings (SSSR count). The van der Waals surface area contributed by atoms with Gasteiger partial charge in [-0.2, -0.15) is 11.8 Å². The summed E-state index contributed by atoms with van der Waals surface area (Å²) >= 11 is 8.17. The minimum absolute atomic E-state index is 0.176. The van der Waals surface area contributed by atoms with Crippen molar-refractivity contribution in [2.75, 3.05) is 6.26 Å². The number of imidazole rings is 1. The Balaban J connectivity index is 2.10. The molecule has 108 valence electrons. The van der Waals surface area contributed by atoms with Crippen LogP contribution in [-0.4, -0.2) is 20.6 Å². The number of hydrogen-bond donors (Lipinski definition) is 0. The summed E-state index contributed by atoms with van der Waals surface area (Å²) in [7, 11) is 0. The third-order valence-electron chi connectivity index (χ3n) is 4.24. The molecule has 1 aliphatic carbocycles. The summed E-state index contributed by atoms with van der Waals surface area (Å²) in [5, 5.41) is -0.176. The van der Waals surface area contributed by atoms with Crippen LogP contribution in [0.2, 0.25) is 0 Å². The molecule has 1 aromatic heterocycles. The second-order valence-corrected chi connectivity index (χ2v) is 7.47. The van der Waals surface area contributed by atoms with Gasteiger partial charge in [-0.3, -0.25) is 0 Å². The van der Waals surface area contributed by atoms with Crippen molar-refractivity contribution in [3.05, 3.63) is 29.8 Å². The largest absolute Gasteiger partial charge is 0.325 e. The van der Waals surface area contributed by atoms with Crippen LogP contribution in [-0.2, 0) is 6.54 Å². The maximum atomic E-state index is 13.6. The molecule has 1 fully saturated rings. The molecule has 0 amide bonds. The van der Waals surface area contributed by atoms with Gasteiger partial charge in [0, 0.05) is 11.3 Å². The molecule has 0 bridgehead atoms. The van der Waals surface area contributed by atoms with Crippen molar-refractivity contribution in [1.82, 2.24) is 9.55 Å². The molecule has 0 saturated heterocycles. The molecular formula is C15H18ClFN2S. The quantitative estimate of drug-likeness (QED) is 0.757. The molecule has 5 heteroatoms. The molecule has 2 nitrogen and oxygen atoms in total. The molecular weight excluding hydrogens is 295 g/mol. The number of alkyl halides is 1. The number of hydrogen-bond acceptors (Lipinski definition) is 2. The lowest BCUT2D eigenvalue weighted by Crippen LogP contribution is -2.38. The number of halogens is 2. The number of aromatic nitrogens is 2. The third-order valence-corrected chi connectivity index (χ3v) is 5.84. The Labute approximate surface area is 127 Å². The summed E-state index contributed by atoms with van der Waals surface area (Å²) in [6.45, 7) is 2.78. The first kappa shape index (κ1) is 14.2. The fourth-order valence-electron chi connectivity index (χ4n) is 2.87. The smallest absolute Gasteiger partial charge is 0.127 e. The molecule has 0 radical (unpaired) electrons. The van der Waals surface area contributed by atoms with Crippen molar-refractivity contribution >= 4 is 34.4 Å². The molecule has 0 N–H and O–H groups in total. The van der Waals surface area contributed by atoms with Gasteiger partial charge in [0.1, 0.15) is 11.6 Å². The average Bonchev–Trinajstić information content (AvgIpc) is 2.72. The lowest BCUT2D eigenvalue weighted by atomic mass is 9.84. The van der Waals surface area contributed by atoms with E-state index in [4.69, 9.17) is 11.6 Å². The molecule has 1 saturated carbocycles. The van der Waals surface area contributed by atoms with Crippen molar-refractivity contribution in [3.8, 4) is 0 Å². The van der Waals surface area contributed by atoms with Crippen molar-refractivity contribution in [2.45, 2.75) is 42.9 Å². The zero-order valence-corrected chi connectivity index (χ0v) is 13.3. The second-order valence-electron chi connectivity index (χ2n) is 5.55. The molecule has 1 atom stereocenters. The lowest BCUT2D eigenvalue weighted by Gasteiger charge is -2.41. The van der Waals surface area contributed by atoms with Gasteiger partial charge in [-0.25, -0.2) is 9.37 Å². The van der Waals surface area contributed by atoms with Crippen LogP contribution in [0.4, 0.5) is 4.39 Å². The number of rotatable bonds is 4. The van der Waals surface area contributed by atoms with Crippen LogP contribution >= 0.6 is 23.4 Å². The average molecular weight is 313 g/mol. The van der Waals surface area contributed by atoms with Gasteiger partial charge in [-0.15, -0.1) is 11.6 Å². The van der Waals surface area contributed by atoms with Crippen molar-refractivity contribution < 1.29 is 4.39 Å². The Bertz CT molecular complexity index is 629. The normalized spacial score (nSPS) is 19.0. The highest BCUT2D eigenvalue weighted by atomic mass is 35.5. The highest BCUT2D eigenvalue weighted by Gasteiger charge is 2.37. The fourth-order valence-corrected chi connectivity index (χ4v) is 3.99. The van der Waals surface area contributed by atoms with Crippen LogP contribution in [0.3, 0.4) is 0 Å². The van der Waals surface area contributed by atoms with E-state index < -0.39 is 0 Å². The molecule has 20 heavy (non-hydrogen) atoms. The van der Waals surface area contributed by atoms with E-state index in [2.05, 4.69) is 15.8 Å². The van der Waals surface area contributed by atoms with Gasteiger partial charge in [-0.05, 0) is 44.2 Å². The maximum Gasteiger partial charge on any atom is 0.127 e. The monoisotopic (exact) mass is 312 g/mol. The zero-order valence-electron chi connectivity index (χ0n) is 11.7. The van der Waals surface area contributed by atoms with Gasteiger partial charge in [0.05, 0.1) is 16.4 Å². The highest BCUT2D eigenvalue weighted by molar-refractivity contribution is 8.00. The SMILES string of the molecule is CSC1(Cn2c(C(C)Cl)nc3ccc(F)cc32)CCC1. The Morgan fingerprint density at radius 1 is 1.50 bits per heavy atom. The summed E-state index contributed by atoms with van der Waals surface area (Å²) < 4.78 is 15.9. The lowest BCUT2D eigenvalue weighted by molar-refractivity contribution is 0.321. The first-order valence-electron chi connectivity index (χ1n) is 6.89. The molecule has 1 aromatic carbocycles. The van der Waals surface area contributed by atoms with Gasteiger partial charge < -0.3 is 4.57 Å². The Morgan fingerprint density at radius 2 is 2.25 bits per heavy atom. The summed E-state index contributed by atoms with van der Waals surface area (Å²) in [6, 6.07) is 4.75. The standard InChI is InChI=1S/C15H18ClFN2S/c1-10(16)14-18-12-5-4-11(17)8-13(12)19(14)9-15(20-2)6-3-7-15/h4-5,8,10H,3,6-7,9H2,1-2H3. The Kier molecular flexibility index (Phi) is 3.71.